The normalized spacial score (nSPS) is 17.6. The van der Waals surface area contributed by atoms with Gasteiger partial charge in [0.25, 0.3) is 5.89 Å². The second kappa shape index (κ2) is 5.79. The first kappa shape index (κ1) is 13.9. The molecule has 4 heterocycles. The van der Waals surface area contributed by atoms with Crippen molar-refractivity contribution < 1.29 is 4.52 Å². The van der Waals surface area contributed by atoms with Crippen LogP contribution >= 0.6 is 0 Å². The molecule has 1 atom stereocenters. The van der Waals surface area contributed by atoms with E-state index in [-0.39, 0.29) is 6.04 Å². The maximum absolute atomic E-state index is 5.35. The van der Waals surface area contributed by atoms with Gasteiger partial charge in [0.2, 0.25) is 0 Å². The average molecular weight is 307 g/mol. The van der Waals surface area contributed by atoms with Gasteiger partial charge in [0, 0.05) is 18.9 Å². The molecule has 4 rings (SSSR count). The highest BCUT2D eigenvalue weighted by molar-refractivity contribution is 5.70. The first-order valence-corrected chi connectivity index (χ1v) is 7.76. The van der Waals surface area contributed by atoms with Gasteiger partial charge in [-0.2, -0.15) is 4.98 Å². The number of nitrogens with zero attached hydrogens (tertiary/aromatic N) is 5. The van der Waals surface area contributed by atoms with E-state index in [0.29, 0.717) is 11.7 Å². The molecule has 1 aliphatic heterocycles. The summed E-state index contributed by atoms with van der Waals surface area (Å²) in [5, 5.41) is 3.89. The highest BCUT2D eigenvalue weighted by atomic mass is 16.5. The first-order chi connectivity index (χ1) is 11.3. The number of aromatic nitrogens is 4. The van der Waals surface area contributed by atoms with Crippen LogP contribution in [0.3, 0.4) is 0 Å². The zero-order chi connectivity index (χ0) is 15.6. The van der Waals surface area contributed by atoms with Gasteiger partial charge in [0.05, 0.1) is 17.3 Å². The molecule has 0 N–H and O–H groups in total. The van der Waals surface area contributed by atoms with Crippen LogP contribution in [-0.2, 0) is 0 Å². The Labute approximate surface area is 134 Å². The summed E-state index contributed by atoms with van der Waals surface area (Å²) < 4.78 is 5.35. The summed E-state index contributed by atoms with van der Waals surface area (Å²) in [5.41, 5.74) is 1.94. The van der Waals surface area contributed by atoms with E-state index in [1.807, 2.05) is 37.4 Å². The van der Waals surface area contributed by atoms with Crippen molar-refractivity contribution in [2.45, 2.75) is 25.8 Å². The van der Waals surface area contributed by atoms with E-state index in [1.54, 1.807) is 6.20 Å². The van der Waals surface area contributed by atoms with Crippen molar-refractivity contribution in [2.75, 3.05) is 11.4 Å². The Balaban J connectivity index is 1.75. The predicted molar refractivity (Wildman–Crippen MR) is 85.8 cm³/mol. The minimum atomic E-state index is 0.230. The lowest BCUT2D eigenvalue weighted by Crippen LogP contribution is -2.24. The van der Waals surface area contributed by atoms with Gasteiger partial charge in [-0.05, 0) is 44.0 Å². The van der Waals surface area contributed by atoms with Crippen molar-refractivity contribution in [3.63, 3.8) is 0 Å². The molecule has 0 saturated carbocycles. The lowest BCUT2D eigenvalue weighted by molar-refractivity contribution is 0.425. The van der Waals surface area contributed by atoms with Crippen LogP contribution in [0.1, 0.15) is 30.4 Å². The Morgan fingerprint density at radius 1 is 1.13 bits per heavy atom. The smallest absolute Gasteiger partial charge is 0.261 e. The molecular weight excluding hydrogens is 290 g/mol. The van der Waals surface area contributed by atoms with E-state index in [4.69, 9.17) is 4.52 Å². The molecule has 0 aromatic carbocycles. The van der Waals surface area contributed by atoms with Gasteiger partial charge in [-0.15, -0.1) is 0 Å². The summed E-state index contributed by atoms with van der Waals surface area (Å²) in [6.07, 6.45) is 5.82. The number of anilines is 1. The van der Waals surface area contributed by atoms with E-state index in [2.05, 4.69) is 31.1 Å². The molecule has 0 unspecified atom stereocenters. The van der Waals surface area contributed by atoms with Crippen molar-refractivity contribution in [1.82, 2.24) is 20.1 Å². The largest absolute Gasteiger partial charge is 0.347 e. The predicted octanol–water partition coefficient (Wildman–Crippen LogP) is 3.18. The quantitative estimate of drug-likeness (QED) is 0.740. The Kier molecular flexibility index (Phi) is 3.49. The standard InChI is InChI=1S/C17H17N5O/c1-12-20-17(23-21-12)13-6-4-10-19-16(13)22-11-5-8-15(22)14-7-2-3-9-18-14/h2-4,6-7,9-10,15H,5,8,11H2,1H3/t15-/m1/s1. The first-order valence-electron chi connectivity index (χ1n) is 7.76. The molecule has 0 aliphatic carbocycles. The van der Waals surface area contributed by atoms with Crippen molar-refractivity contribution in [1.29, 1.82) is 0 Å². The summed E-state index contributed by atoms with van der Waals surface area (Å²) >= 11 is 0. The van der Waals surface area contributed by atoms with Crippen molar-refractivity contribution >= 4 is 5.82 Å². The fraction of sp³-hybridized carbons (Fsp3) is 0.294. The summed E-state index contributed by atoms with van der Waals surface area (Å²) in [7, 11) is 0. The van der Waals surface area contributed by atoms with Gasteiger partial charge in [-0.3, -0.25) is 4.98 Å². The fourth-order valence-corrected chi connectivity index (χ4v) is 3.10. The van der Waals surface area contributed by atoms with Gasteiger partial charge >= 0.3 is 0 Å². The molecule has 1 aliphatic rings. The van der Waals surface area contributed by atoms with Gasteiger partial charge < -0.3 is 9.42 Å². The summed E-state index contributed by atoms with van der Waals surface area (Å²) in [5.74, 6) is 2.01. The average Bonchev–Trinajstić information content (AvgIpc) is 3.24. The maximum Gasteiger partial charge on any atom is 0.261 e. The van der Waals surface area contributed by atoms with E-state index in [9.17, 15) is 0 Å². The number of rotatable bonds is 3. The van der Waals surface area contributed by atoms with Gasteiger partial charge in [0.1, 0.15) is 5.82 Å². The third-order valence-corrected chi connectivity index (χ3v) is 4.10. The molecule has 3 aromatic rings. The zero-order valence-electron chi connectivity index (χ0n) is 12.9. The zero-order valence-corrected chi connectivity index (χ0v) is 12.9. The monoisotopic (exact) mass is 307 g/mol. The van der Waals surface area contributed by atoms with Crippen LogP contribution in [0.5, 0.6) is 0 Å². The molecule has 6 nitrogen and oxygen atoms in total. The summed E-state index contributed by atoms with van der Waals surface area (Å²) in [4.78, 5) is 15.8. The Bertz CT molecular complexity index is 802. The van der Waals surface area contributed by atoms with Gasteiger partial charge in [-0.25, -0.2) is 4.98 Å². The minimum absolute atomic E-state index is 0.230. The van der Waals surface area contributed by atoms with Crippen LogP contribution in [-0.4, -0.2) is 26.7 Å². The Hall–Kier alpha value is -2.76. The van der Waals surface area contributed by atoms with E-state index < -0.39 is 0 Å². The molecule has 1 saturated heterocycles. The number of pyridine rings is 2. The lowest BCUT2D eigenvalue weighted by atomic mass is 10.1. The van der Waals surface area contributed by atoms with Crippen LogP contribution in [0, 0.1) is 6.92 Å². The van der Waals surface area contributed by atoms with Crippen LogP contribution < -0.4 is 4.90 Å². The number of hydrogen-bond donors (Lipinski definition) is 0. The highest BCUT2D eigenvalue weighted by Crippen LogP contribution is 2.38. The van der Waals surface area contributed by atoms with Crippen LogP contribution in [0.25, 0.3) is 11.5 Å². The molecule has 0 radical (unpaired) electrons. The van der Waals surface area contributed by atoms with Crippen molar-refractivity contribution in [3.05, 3.63) is 54.2 Å². The third-order valence-electron chi connectivity index (χ3n) is 4.10. The Morgan fingerprint density at radius 3 is 2.83 bits per heavy atom. The topological polar surface area (TPSA) is 67.9 Å². The second-order valence-electron chi connectivity index (χ2n) is 5.63. The maximum atomic E-state index is 5.35. The molecule has 1 fully saturated rings. The SMILES string of the molecule is Cc1noc(-c2cccnc2N2CCC[C@@H]2c2ccccn2)n1. The number of aryl methyl sites for hydroxylation is 1. The molecule has 0 amide bonds. The van der Waals surface area contributed by atoms with E-state index in [0.717, 1.165) is 36.5 Å². The fourth-order valence-electron chi connectivity index (χ4n) is 3.10. The van der Waals surface area contributed by atoms with E-state index in [1.165, 1.54) is 0 Å². The molecular formula is C17H17N5O. The summed E-state index contributed by atoms with van der Waals surface area (Å²) in [6.45, 7) is 2.76. The molecule has 3 aromatic heterocycles. The van der Waals surface area contributed by atoms with Crippen molar-refractivity contribution in [3.8, 4) is 11.5 Å². The molecule has 116 valence electrons. The van der Waals surface area contributed by atoms with Gasteiger partial charge in [-0.1, -0.05) is 11.2 Å². The second-order valence-corrected chi connectivity index (χ2v) is 5.63. The molecule has 23 heavy (non-hydrogen) atoms. The Morgan fingerprint density at radius 2 is 2.04 bits per heavy atom. The molecule has 0 spiro atoms. The van der Waals surface area contributed by atoms with Gasteiger partial charge in [0.15, 0.2) is 5.82 Å². The number of hydrogen-bond acceptors (Lipinski definition) is 6. The molecule has 0 bridgehead atoms. The van der Waals surface area contributed by atoms with Crippen LogP contribution in [0.2, 0.25) is 0 Å². The lowest BCUT2D eigenvalue weighted by Gasteiger charge is -2.26. The van der Waals surface area contributed by atoms with Crippen LogP contribution in [0.4, 0.5) is 5.82 Å². The highest BCUT2D eigenvalue weighted by Gasteiger charge is 2.30. The van der Waals surface area contributed by atoms with Crippen LogP contribution in [0.15, 0.2) is 47.2 Å². The minimum Gasteiger partial charge on any atom is -0.347 e. The molecule has 6 heteroatoms. The summed E-state index contributed by atoms with van der Waals surface area (Å²) in [6, 6.07) is 10.1. The van der Waals surface area contributed by atoms with Crippen molar-refractivity contribution in [2.24, 2.45) is 0 Å². The van der Waals surface area contributed by atoms with E-state index >= 15 is 0 Å². The third kappa shape index (κ3) is 2.56.